The fraction of sp³-hybridized carbons (Fsp3) is 0.467. The van der Waals surface area contributed by atoms with E-state index < -0.39 is 10.6 Å². The van der Waals surface area contributed by atoms with Gasteiger partial charge in [0.25, 0.3) is 0 Å². The molecule has 1 aromatic rings. The second-order valence-electron chi connectivity index (χ2n) is 5.95. The number of carbonyl (C=O) groups excluding carboxylic acids is 2. The first-order valence-electron chi connectivity index (χ1n) is 7.02. The number of carbonyl (C=O) groups is 2. The van der Waals surface area contributed by atoms with Crippen molar-refractivity contribution in [2.75, 3.05) is 0 Å². The zero-order valence-electron chi connectivity index (χ0n) is 12.6. The maximum Gasteiger partial charge on any atom is 0.236 e. The van der Waals surface area contributed by atoms with E-state index in [9.17, 15) is 14.7 Å². The molecule has 3 heterocycles. The number of aliphatic hydroxyl groups is 1. The molecule has 1 aromatic carbocycles. The van der Waals surface area contributed by atoms with Crippen LogP contribution in [0.5, 0.6) is 11.5 Å². The number of β-lactam (4-membered cyclic amide) rings is 1. The van der Waals surface area contributed by atoms with Crippen LogP contribution in [-0.4, -0.2) is 37.8 Å². The predicted octanol–water partition coefficient (Wildman–Crippen LogP) is 1.64. The number of nitrogens with zero attached hydrogens (tertiary/aromatic N) is 1. The third kappa shape index (κ3) is 2.34. The maximum atomic E-state index is 11.4. The van der Waals surface area contributed by atoms with Crippen LogP contribution in [0.25, 0.3) is 0 Å². The number of hydrogen-bond acceptors (Lipinski definition) is 5. The summed E-state index contributed by atoms with van der Waals surface area (Å²) >= 11 is 1.51. The molecule has 0 bridgehead atoms. The topological polar surface area (TPSA) is 82.2 Å². The molecular formula is C15H18N2O4S. The van der Waals surface area contributed by atoms with Crippen molar-refractivity contribution in [1.82, 2.24) is 10.2 Å². The summed E-state index contributed by atoms with van der Waals surface area (Å²) in [6, 6.07) is 7.84. The van der Waals surface area contributed by atoms with Crippen LogP contribution in [0, 0.1) is 0 Å². The van der Waals surface area contributed by atoms with Gasteiger partial charge < -0.3 is 15.2 Å². The molecule has 22 heavy (non-hydrogen) atoms. The van der Waals surface area contributed by atoms with Gasteiger partial charge in [-0.05, 0) is 26.0 Å². The van der Waals surface area contributed by atoms with Gasteiger partial charge in [0.2, 0.25) is 17.7 Å². The quantitative estimate of drug-likeness (QED) is 0.474. The van der Waals surface area contributed by atoms with E-state index in [2.05, 4.69) is 5.32 Å². The zero-order chi connectivity index (χ0) is 16.1. The van der Waals surface area contributed by atoms with Gasteiger partial charge in [-0.1, -0.05) is 12.1 Å². The van der Waals surface area contributed by atoms with Crippen LogP contribution in [-0.2, 0) is 9.59 Å². The molecule has 6 nitrogen and oxygen atoms in total. The molecule has 2 amide bonds. The molecule has 118 valence electrons. The van der Waals surface area contributed by atoms with Crippen molar-refractivity contribution in [3.05, 3.63) is 24.3 Å². The Morgan fingerprint density at radius 3 is 2.45 bits per heavy atom. The van der Waals surface area contributed by atoms with Crippen molar-refractivity contribution >= 4 is 23.6 Å². The molecule has 1 unspecified atom stereocenters. The fourth-order valence-corrected chi connectivity index (χ4v) is 4.25. The molecule has 0 aliphatic carbocycles. The minimum atomic E-state index is -1.55. The number of fused-ring (bicyclic) bond motifs is 2. The normalized spacial score (nSPS) is 29.2. The van der Waals surface area contributed by atoms with Gasteiger partial charge in [-0.2, -0.15) is 0 Å². The third-order valence-corrected chi connectivity index (χ3v) is 5.43. The minimum absolute atomic E-state index is 0.00986. The molecule has 2 N–H and O–H groups in total. The van der Waals surface area contributed by atoms with Crippen LogP contribution in [0.3, 0.4) is 0 Å². The number of amides is 2. The van der Waals surface area contributed by atoms with Gasteiger partial charge in [0.15, 0.2) is 11.5 Å². The molecular weight excluding hydrogens is 304 g/mol. The van der Waals surface area contributed by atoms with Crippen molar-refractivity contribution in [2.45, 2.75) is 43.2 Å². The fourth-order valence-electron chi connectivity index (χ4n) is 2.65. The molecule has 0 aromatic heterocycles. The number of rotatable bonds is 1. The van der Waals surface area contributed by atoms with Crippen LogP contribution < -0.4 is 10.1 Å². The largest absolute Gasteiger partial charge is 0.450 e. The lowest BCUT2D eigenvalue weighted by Gasteiger charge is -2.45. The molecule has 2 fully saturated rings. The van der Waals surface area contributed by atoms with Crippen molar-refractivity contribution in [3.8, 4) is 11.5 Å². The number of thioether (sulfide) groups is 1. The molecule has 2 atom stereocenters. The van der Waals surface area contributed by atoms with E-state index in [-0.39, 0.29) is 17.2 Å². The van der Waals surface area contributed by atoms with Gasteiger partial charge >= 0.3 is 0 Å². The van der Waals surface area contributed by atoms with Gasteiger partial charge in [0.05, 0.1) is 16.5 Å². The summed E-state index contributed by atoms with van der Waals surface area (Å²) in [4.78, 5) is 23.8. The Morgan fingerprint density at radius 1 is 1.41 bits per heavy atom. The maximum absolute atomic E-state index is 11.4. The average Bonchev–Trinajstić information content (AvgIpc) is 3.13. The Bertz CT molecular complexity index is 627. The molecule has 4 rings (SSSR count). The number of para-hydroxylation sites is 2. The summed E-state index contributed by atoms with van der Waals surface area (Å²) in [5.41, 5.74) is 0. The standard InChI is InChI=1S/C9H14N2O3S.C6H4O/c1-5(12)10-9(14)8(2,3)15-7-4-6(13)11(7)9;1-2-4-6-5(3-1)7-6/h7,14H,4H2,1-3H3,(H,10,12);1-4H/t7-,9?;/m1./s1. The second-order valence-corrected chi connectivity index (χ2v) is 7.75. The average molecular weight is 322 g/mol. The Morgan fingerprint density at radius 2 is 2.00 bits per heavy atom. The van der Waals surface area contributed by atoms with E-state index >= 15 is 0 Å². The number of nitrogens with one attached hydrogen (secondary N) is 1. The van der Waals surface area contributed by atoms with E-state index in [4.69, 9.17) is 4.74 Å². The first-order valence-corrected chi connectivity index (χ1v) is 7.90. The summed E-state index contributed by atoms with van der Waals surface area (Å²) < 4.78 is 4.35. The molecule has 0 spiro atoms. The predicted molar refractivity (Wildman–Crippen MR) is 82.2 cm³/mol. The molecule has 0 saturated carbocycles. The van der Waals surface area contributed by atoms with Crippen molar-refractivity contribution in [1.29, 1.82) is 0 Å². The van der Waals surface area contributed by atoms with Crippen molar-refractivity contribution in [3.63, 3.8) is 0 Å². The highest BCUT2D eigenvalue weighted by atomic mass is 32.2. The van der Waals surface area contributed by atoms with Gasteiger partial charge in [-0.25, -0.2) is 0 Å². The van der Waals surface area contributed by atoms with Crippen LogP contribution >= 0.6 is 11.8 Å². The van der Waals surface area contributed by atoms with E-state index in [1.807, 2.05) is 38.1 Å². The van der Waals surface area contributed by atoms with Crippen LogP contribution in [0.15, 0.2) is 24.3 Å². The molecule has 3 aliphatic rings. The van der Waals surface area contributed by atoms with Gasteiger partial charge in [-0.15, -0.1) is 11.8 Å². The van der Waals surface area contributed by atoms with Crippen molar-refractivity contribution < 1.29 is 19.4 Å². The highest BCUT2D eigenvalue weighted by molar-refractivity contribution is 8.01. The smallest absolute Gasteiger partial charge is 0.236 e. The SMILES string of the molecule is CC(=O)NC1(O)N2C(=O)C[C@H]2SC1(C)C.c1ccc2c(c1)O2. The lowest BCUT2D eigenvalue weighted by atomic mass is 10.0. The molecule has 2 saturated heterocycles. The Hall–Kier alpha value is -1.73. The summed E-state index contributed by atoms with van der Waals surface area (Å²) in [7, 11) is 0. The summed E-state index contributed by atoms with van der Waals surface area (Å²) in [6.07, 6.45) is 0.440. The van der Waals surface area contributed by atoms with Gasteiger partial charge in [0.1, 0.15) is 0 Å². The Labute approximate surface area is 132 Å². The minimum Gasteiger partial charge on any atom is -0.450 e. The van der Waals surface area contributed by atoms with Crippen LogP contribution in [0.1, 0.15) is 27.2 Å². The van der Waals surface area contributed by atoms with E-state index in [0.717, 1.165) is 11.5 Å². The lowest BCUT2D eigenvalue weighted by Crippen LogP contribution is -2.70. The van der Waals surface area contributed by atoms with Gasteiger partial charge in [0, 0.05) is 6.92 Å². The van der Waals surface area contributed by atoms with E-state index in [1.165, 1.54) is 23.6 Å². The highest BCUT2D eigenvalue weighted by Gasteiger charge is 2.65. The summed E-state index contributed by atoms with van der Waals surface area (Å²) in [6.45, 7) is 4.97. The van der Waals surface area contributed by atoms with E-state index in [0.29, 0.717) is 6.42 Å². The monoisotopic (exact) mass is 322 g/mol. The Kier molecular flexibility index (Phi) is 3.37. The highest BCUT2D eigenvalue weighted by Crippen LogP contribution is 2.54. The Balaban J connectivity index is 0.000000169. The van der Waals surface area contributed by atoms with E-state index in [1.54, 1.807) is 0 Å². The first-order chi connectivity index (χ1) is 10.2. The zero-order valence-corrected chi connectivity index (χ0v) is 13.4. The first kappa shape index (κ1) is 15.2. The number of hydrogen-bond donors (Lipinski definition) is 2. The van der Waals surface area contributed by atoms with Crippen LogP contribution in [0.4, 0.5) is 0 Å². The molecule has 3 aliphatic heterocycles. The number of benzene rings is 1. The molecule has 7 heteroatoms. The van der Waals surface area contributed by atoms with Crippen molar-refractivity contribution in [2.24, 2.45) is 0 Å². The molecule has 0 radical (unpaired) electrons. The van der Waals surface area contributed by atoms with Crippen LogP contribution in [0.2, 0.25) is 0 Å². The number of ether oxygens (including phenoxy) is 1. The summed E-state index contributed by atoms with van der Waals surface area (Å²) in [5, 5.41) is 12.9. The second kappa shape index (κ2) is 4.89. The van der Waals surface area contributed by atoms with Gasteiger partial charge in [-0.3, -0.25) is 14.5 Å². The lowest BCUT2D eigenvalue weighted by molar-refractivity contribution is -0.191. The summed E-state index contributed by atoms with van der Waals surface area (Å²) in [5.74, 6) is 0.0506. The third-order valence-electron chi connectivity index (χ3n) is 3.90.